The third-order valence-electron chi connectivity index (χ3n) is 4.98. The van der Waals surface area contributed by atoms with E-state index in [4.69, 9.17) is 11.6 Å². The third-order valence-corrected chi connectivity index (χ3v) is 5.28. The molecule has 0 aliphatic rings. The molecule has 0 saturated carbocycles. The summed E-state index contributed by atoms with van der Waals surface area (Å²) in [6.07, 6.45) is -0.419. The van der Waals surface area contributed by atoms with Gasteiger partial charge in [-0.3, -0.25) is 23.9 Å². The van der Waals surface area contributed by atoms with Gasteiger partial charge in [0.05, 0.1) is 11.9 Å². The minimum atomic E-state index is -2.88. The molecule has 12 heteroatoms. The highest BCUT2D eigenvalue weighted by atomic mass is 35.5. The Hall–Kier alpha value is -3.86. The monoisotopic (exact) mass is 504 g/mol. The number of hydrogen-bond acceptors (Lipinski definition) is 6. The van der Waals surface area contributed by atoms with Crippen molar-refractivity contribution in [3.63, 3.8) is 0 Å². The zero-order valence-corrected chi connectivity index (χ0v) is 19.4. The summed E-state index contributed by atoms with van der Waals surface area (Å²) in [7, 11) is 0. The Labute approximate surface area is 204 Å². The summed E-state index contributed by atoms with van der Waals surface area (Å²) in [6, 6.07) is 10.2. The molecule has 1 aromatic carbocycles. The highest BCUT2D eigenvalue weighted by molar-refractivity contribution is 6.29. The topological polar surface area (TPSA) is 118 Å². The van der Waals surface area contributed by atoms with Crippen molar-refractivity contribution in [1.82, 2.24) is 25.2 Å². The molecule has 3 rings (SSSR count). The first-order valence-electron chi connectivity index (χ1n) is 10.5. The average molecular weight is 505 g/mol. The lowest BCUT2D eigenvalue weighted by Gasteiger charge is -2.18. The molecule has 184 valence electrons. The molecule has 1 unspecified atom stereocenters. The molecule has 0 radical (unpaired) electrons. The van der Waals surface area contributed by atoms with Crippen molar-refractivity contribution in [1.29, 1.82) is 0 Å². The number of nitrogens with zero attached hydrogens (tertiary/aromatic N) is 3. The highest BCUT2D eigenvalue weighted by Crippen LogP contribution is 2.22. The van der Waals surface area contributed by atoms with Crippen molar-refractivity contribution in [2.75, 3.05) is 5.32 Å². The van der Waals surface area contributed by atoms with E-state index in [0.29, 0.717) is 6.54 Å². The summed E-state index contributed by atoms with van der Waals surface area (Å²) in [5, 5.41) is 7.67. The lowest BCUT2D eigenvalue weighted by Crippen LogP contribution is -2.35. The van der Waals surface area contributed by atoms with Crippen LogP contribution in [0.25, 0.3) is 0 Å². The number of alkyl halides is 2. The second kappa shape index (κ2) is 12.0. The number of pyridine rings is 1. The Balaban J connectivity index is 1.72. The summed E-state index contributed by atoms with van der Waals surface area (Å²) in [5.74, 6) is -1.11. The molecule has 9 nitrogen and oxygen atoms in total. The molecule has 1 atom stereocenters. The maximum absolute atomic E-state index is 13.6. The van der Waals surface area contributed by atoms with Gasteiger partial charge in [-0.15, -0.1) is 0 Å². The predicted molar refractivity (Wildman–Crippen MR) is 126 cm³/mol. The molecular formula is C23H23ClF2N6O3. The lowest BCUT2D eigenvalue weighted by molar-refractivity contribution is -0.122. The number of halogens is 3. The smallest absolute Gasteiger partial charge is 0.294 e. The molecule has 0 aliphatic heterocycles. The largest absolute Gasteiger partial charge is 0.352 e. The van der Waals surface area contributed by atoms with Gasteiger partial charge >= 0.3 is 0 Å². The molecular weight excluding hydrogens is 482 g/mol. The van der Waals surface area contributed by atoms with Gasteiger partial charge in [0.2, 0.25) is 11.8 Å². The van der Waals surface area contributed by atoms with Gasteiger partial charge in [-0.25, -0.2) is 13.8 Å². The van der Waals surface area contributed by atoms with Gasteiger partial charge in [0.1, 0.15) is 17.7 Å². The summed E-state index contributed by atoms with van der Waals surface area (Å²) < 4.78 is 28.2. The number of anilines is 1. The normalized spacial score (nSPS) is 11.7. The number of hydrogen-bond donors (Lipinski definition) is 3. The maximum Gasteiger partial charge on any atom is 0.294 e. The number of amides is 2. The first kappa shape index (κ1) is 25.8. The van der Waals surface area contributed by atoms with Crippen molar-refractivity contribution in [2.45, 2.75) is 39.0 Å². The number of aromatic nitrogens is 3. The van der Waals surface area contributed by atoms with Gasteiger partial charge in [0.25, 0.3) is 12.0 Å². The highest BCUT2D eigenvalue weighted by Gasteiger charge is 2.25. The minimum Gasteiger partial charge on any atom is -0.352 e. The van der Waals surface area contributed by atoms with E-state index in [-0.39, 0.29) is 29.1 Å². The summed E-state index contributed by atoms with van der Waals surface area (Å²) >= 11 is 6.07. The predicted octanol–water partition coefficient (Wildman–Crippen LogP) is 2.66. The fraction of sp³-hybridized carbons (Fsp3) is 0.261. The number of carbonyl (C=O) groups excluding carboxylic acids is 2. The average Bonchev–Trinajstić information content (AvgIpc) is 2.84. The van der Waals surface area contributed by atoms with Gasteiger partial charge < -0.3 is 16.0 Å². The van der Waals surface area contributed by atoms with E-state index in [1.165, 1.54) is 19.2 Å². The van der Waals surface area contributed by atoms with E-state index in [2.05, 4.69) is 25.9 Å². The van der Waals surface area contributed by atoms with Crippen LogP contribution in [0.15, 0.2) is 59.7 Å². The van der Waals surface area contributed by atoms with Gasteiger partial charge in [-0.05, 0) is 23.3 Å². The quantitative estimate of drug-likeness (QED) is 0.391. The molecule has 2 heterocycles. The number of benzene rings is 1. The Morgan fingerprint density at radius 3 is 2.29 bits per heavy atom. The van der Waals surface area contributed by atoms with Gasteiger partial charge in [-0.2, -0.15) is 0 Å². The van der Waals surface area contributed by atoms with Crippen LogP contribution in [0.2, 0.25) is 5.15 Å². The van der Waals surface area contributed by atoms with Crippen LogP contribution in [0.5, 0.6) is 0 Å². The second-order valence-corrected chi connectivity index (χ2v) is 7.87. The van der Waals surface area contributed by atoms with Crippen molar-refractivity contribution in [3.05, 3.63) is 87.2 Å². The van der Waals surface area contributed by atoms with Crippen LogP contribution >= 0.6 is 11.6 Å². The fourth-order valence-corrected chi connectivity index (χ4v) is 3.39. The number of nitrogens with one attached hydrogen (secondary N) is 3. The molecule has 3 N–H and O–H groups in total. The third kappa shape index (κ3) is 7.06. The molecule has 0 fully saturated rings. The van der Waals surface area contributed by atoms with E-state index in [0.717, 1.165) is 21.9 Å². The zero-order chi connectivity index (χ0) is 25.4. The first-order chi connectivity index (χ1) is 16.8. The Morgan fingerprint density at radius 1 is 1.03 bits per heavy atom. The summed E-state index contributed by atoms with van der Waals surface area (Å²) in [6.45, 7) is 1.40. The van der Waals surface area contributed by atoms with E-state index in [1.807, 2.05) is 12.1 Å². The van der Waals surface area contributed by atoms with Crippen molar-refractivity contribution >= 4 is 29.2 Å². The van der Waals surface area contributed by atoms with E-state index in [9.17, 15) is 23.2 Å². The lowest BCUT2D eigenvalue weighted by atomic mass is 10.1. The Morgan fingerprint density at radius 2 is 1.69 bits per heavy atom. The standard InChI is InChI=1S/C23H23ClF2N6O3/c1-14(33)28-10-15-6-2-3-7-16(15)11-29-19(34)13-32-18(24)12-30-22(23(32)35)31-20(21(25)26)17-8-4-5-9-27-17/h2-9,12,20-21H,10-11,13H2,1H3,(H,28,33)(H,29,34)(H,30,31). The van der Waals surface area contributed by atoms with E-state index in [1.54, 1.807) is 24.3 Å². The van der Waals surface area contributed by atoms with Crippen LogP contribution in [-0.4, -0.2) is 32.8 Å². The van der Waals surface area contributed by atoms with Crippen LogP contribution in [0.4, 0.5) is 14.6 Å². The number of carbonyl (C=O) groups is 2. The molecule has 0 spiro atoms. The first-order valence-corrected chi connectivity index (χ1v) is 10.9. The summed E-state index contributed by atoms with van der Waals surface area (Å²) in [5.41, 5.74) is 0.794. The Bertz CT molecular complexity index is 1240. The van der Waals surface area contributed by atoms with Crippen molar-refractivity contribution < 1.29 is 18.4 Å². The van der Waals surface area contributed by atoms with E-state index < -0.39 is 30.5 Å². The SMILES string of the molecule is CC(=O)NCc1ccccc1CNC(=O)Cn1c(Cl)cnc(NC(c2ccccn2)C(F)F)c1=O. The molecule has 0 aliphatic carbocycles. The number of rotatable bonds is 10. The van der Waals surface area contributed by atoms with Crippen molar-refractivity contribution in [3.8, 4) is 0 Å². The molecule has 2 aromatic heterocycles. The van der Waals surface area contributed by atoms with Crippen LogP contribution in [0, 0.1) is 0 Å². The summed E-state index contributed by atoms with van der Waals surface area (Å²) in [4.78, 5) is 44.3. The van der Waals surface area contributed by atoms with E-state index >= 15 is 0 Å². The Kier molecular flexibility index (Phi) is 8.85. The van der Waals surface area contributed by atoms with Crippen LogP contribution < -0.4 is 21.5 Å². The van der Waals surface area contributed by atoms with Crippen LogP contribution in [-0.2, 0) is 29.2 Å². The zero-order valence-electron chi connectivity index (χ0n) is 18.7. The molecule has 0 bridgehead atoms. The second-order valence-electron chi connectivity index (χ2n) is 7.49. The molecule has 3 aromatic rings. The molecule has 0 saturated heterocycles. The molecule has 35 heavy (non-hydrogen) atoms. The fourth-order valence-electron chi connectivity index (χ4n) is 3.20. The van der Waals surface area contributed by atoms with Gasteiger partial charge in [0, 0.05) is 26.2 Å². The maximum atomic E-state index is 13.6. The minimum absolute atomic E-state index is 0.0286. The van der Waals surface area contributed by atoms with Crippen LogP contribution in [0.1, 0.15) is 29.8 Å². The molecule has 2 amide bonds. The van der Waals surface area contributed by atoms with Gasteiger partial charge in [0.15, 0.2) is 5.82 Å². The van der Waals surface area contributed by atoms with Crippen LogP contribution in [0.3, 0.4) is 0 Å². The van der Waals surface area contributed by atoms with Gasteiger partial charge in [-0.1, -0.05) is 41.9 Å². The van der Waals surface area contributed by atoms with Crippen molar-refractivity contribution in [2.24, 2.45) is 0 Å².